The Balaban J connectivity index is 2.10. The van der Waals surface area contributed by atoms with Crippen LogP contribution in [-0.2, 0) is 6.42 Å². The second-order valence-electron chi connectivity index (χ2n) is 3.87. The molecule has 0 bridgehead atoms. The number of rotatable bonds is 3. The maximum Gasteiger partial charge on any atom is 0.147 e. The Hall–Kier alpha value is -1.65. The van der Waals surface area contributed by atoms with E-state index in [-0.39, 0.29) is 0 Å². The molecule has 3 aromatic rings. The van der Waals surface area contributed by atoms with Gasteiger partial charge in [-0.1, -0.05) is 18.2 Å². The van der Waals surface area contributed by atoms with E-state index in [9.17, 15) is 0 Å². The Morgan fingerprint density at radius 2 is 2.18 bits per heavy atom. The second kappa shape index (κ2) is 4.31. The van der Waals surface area contributed by atoms with E-state index in [1.165, 1.54) is 11.5 Å². The maximum atomic E-state index is 5.83. The van der Waals surface area contributed by atoms with Gasteiger partial charge in [-0.3, -0.25) is 0 Å². The summed E-state index contributed by atoms with van der Waals surface area (Å²) in [7, 11) is 0. The van der Waals surface area contributed by atoms with Gasteiger partial charge >= 0.3 is 0 Å². The summed E-state index contributed by atoms with van der Waals surface area (Å²) in [6.07, 6.45) is 2.71. The summed E-state index contributed by atoms with van der Waals surface area (Å²) in [4.78, 5) is 1.09. The summed E-state index contributed by atoms with van der Waals surface area (Å²) in [5.74, 6) is 0.886. The van der Waals surface area contributed by atoms with E-state index >= 15 is 0 Å². The van der Waals surface area contributed by atoms with Crippen LogP contribution in [0, 0.1) is 0 Å². The van der Waals surface area contributed by atoms with Crippen molar-refractivity contribution in [3.63, 3.8) is 0 Å². The molecule has 1 aromatic carbocycles. The molecule has 0 saturated heterocycles. The number of furan rings is 1. The van der Waals surface area contributed by atoms with Crippen molar-refractivity contribution < 1.29 is 4.42 Å². The van der Waals surface area contributed by atoms with Crippen LogP contribution < -0.4 is 5.73 Å². The normalized spacial score (nSPS) is 11.1. The Morgan fingerprint density at radius 1 is 1.29 bits per heavy atom. The molecule has 3 nitrogen and oxygen atoms in total. The van der Waals surface area contributed by atoms with E-state index in [4.69, 9.17) is 10.2 Å². The van der Waals surface area contributed by atoms with Gasteiger partial charge in [-0.25, -0.2) is 4.37 Å². The minimum absolute atomic E-state index is 0.631. The molecular formula is C13H12N2OS. The van der Waals surface area contributed by atoms with Crippen molar-refractivity contribution >= 4 is 22.5 Å². The fourth-order valence-corrected chi connectivity index (χ4v) is 2.64. The molecule has 2 heterocycles. The van der Waals surface area contributed by atoms with Crippen molar-refractivity contribution in [2.75, 3.05) is 6.54 Å². The first-order valence-electron chi connectivity index (χ1n) is 5.51. The molecule has 0 fully saturated rings. The van der Waals surface area contributed by atoms with E-state index in [1.54, 1.807) is 0 Å². The van der Waals surface area contributed by atoms with Crippen LogP contribution in [0.25, 0.3) is 21.6 Å². The van der Waals surface area contributed by atoms with E-state index in [2.05, 4.69) is 10.4 Å². The minimum atomic E-state index is 0.631. The lowest BCUT2D eigenvalue weighted by Gasteiger charge is -1.96. The number of para-hydroxylation sites is 1. The largest absolute Gasteiger partial charge is 0.455 e. The Morgan fingerprint density at radius 3 is 3.00 bits per heavy atom. The summed E-state index contributed by atoms with van der Waals surface area (Å²) in [5, 5.41) is 1.12. The van der Waals surface area contributed by atoms with Crippen LogP contribution >= 0.6 is 11.5 Å². The topological polar surface area (TPSA) is 52.0 Å². The predicted octanol–water partition coefficient (Wildman–Crippen LogP) is 3.06. The van der Waals surface area contributed by atoms with E-state index in [1.807, 2.05) is 30.5 Å². The third-order valence-electron chi connectivity index (χ3n) is 2.71. The van der Waals surface area contributed by atoms with Gasteiger partial charge in [0.25, 0.3) is 0 Å². The SMILES string of the molecule is NCCc1cnsc1-c1cc2ccccc2o1. The highest BCUT2D eigenvalue weighted by molar-refractivity contribution is 7.09. The molecule has 0 aliphatic carbocycles. The molecule has 0 aliphatic rings. The molecule has 0 saturated carbocycles. The lowest BCUT2D eigenvalue weighted by Crippen LogP contribution is -2.02. The van der Waals surface area contributed by atoms with Gasteiger partial charge in [0.05, 0.1) is 4.88 Å². The van der Waals surface area contributed by atoms with Crippen LogP contribution in [0.15, 0.2) is 40.9 Å². The van der Waals surface area contributed by atoms with E-state index in [0.717, 1.165) is 33.6 Å². The smallest absolute Gasteiger partial charge is 0.147 e. The predicted molar refractivity (Wildman–Crippen MR) is 70.1 cm³/mol. The van der Waals surface area contributed by atoms with Gasteiger partial charge < -0.3 is 10.2 Å². The van der Waals surface area contributed by atoms with Crippen LogP contribution in [0.2, 0.25) is 0 Å². The lowest BCUT2D eigenvalue weighted by atomic mass is 10.1. The first-order valence-corrected chi connectivity index (χ1v) is 6.28. The summed E-state index contributed by atoms with van der Waals surface area (Å²) in [5.41, 5.74) is 7.66. The molecule has 0 atom stereocenters. The van der Waals surface area contributed by atoms with Gasteiger partial charge in [0, 0.05) is 11.6 Å². The minimum Gasteiger partial charge on any atom is -0.455 e. The van der Waals surface area contributed by atoms with Gasteiger partial charge in [-0.15, -0.1) is 0 Å². The van der Waals surface area contributed by atoms with Gasteiger partial charge in [-0.05, 0) is 42.2 Å². The second-order valence-corrected chi connectivity index (χ2v) is 4.67. The Kier molecular flexibility index (Phi) is 2.66. The highest BCUT2D eigenvalue weighted by Gasteiger charge is 2.12. The zero-order chi connectivity index (χ0) is 11.7. The molecule has 4 heteroatoms. The van der Waals surface area contributed by atoms with Crippen molar-refractivity contribution in [3.8, 4) is 10.6 Å². The molecule has 0 amide bonds. The monoisotopic (exact) mass is 244 g/mol. The van der Waals surface area contributed by atoms with Crippen LogP contribution in [0.5, 0.6) is 0 Å². The zero-order valence-electron chi connectivity index (χ0n) is 9.22. The Labute approximate surface area is 103 Å². The van der Waals surface area contributed by atoms with Crippen molar-refractivity contribution in [1.82, 2.24) is 4.37 Å². The van der Waals surface area contributed by atoms with Crippen molar-refractivity contribution in [2.24, 2.45) is 5.73 Å². The zero-order valence-corrected chi connectivity index (χ0v) is 10.0. The molecule has 0 unspecified atom stereocenters. The highest BCUT2D eigenvalue weighted by atomic mass is 32.1. The summed E-state index contributed by atoms with van der Waals surface area (Å²) in [6.45, 7) is 0.631. The summed E-state index contributed by atoms with van der Waals surface area (Å²) >= 11 is 1.46. The third kappa shape index (κ3) is 1.85. The maximum absolute atomic E-state index is 5.83. The molecule has 86 valence electrons. The number of hydrogen-bond acceptors (Lipinski definition) is 4. The van der Waals surface area contributed by atoms with E-state index < -0.39 is 0 Å². The quantitative estimate of drug-likeness (QED) is 0.770. The van der Waals surface area contributed by atoms with Crippen LogP contribution in [0.3, 0.4) is 0 Å². The number of hydrogen-bond donors (Lipinski definition) is 1. The third-order valence-corrected chi connectivity index (χ3v) is 3.56. The Bertz CT molecular complexity index is 608. The fraction of sp³-hybridized carbons (Fsp3) is 0.154. The van der Waals surface area contributed by atoms with Crippen LogP contribution in [0.4, 0.5) is 0 Å². The number of nitrogens with two attached hydrogens (primary N) is 1. The average molecular weight is 244 g/mol. The van der Waals surface area contributed by atoms with Gasteiger partial charge in [-0.2, -0.15) is 0 Å². The van der Waals surface area contributed by atoms with Crippen LogP contribution in [0.1, 0.15) is 5.56 Å². The molecule has 0 spiro atoms. The first-order chi connectivity index (χ1) is 8.38. The molecule has 2 aromatic heterocycles. The molecule has 3 rings (SSSR count). The van der Waals surface area contributed by atoms with Crippen LogP contribution in [-0.4, -0.2) is 10.9 Å². The number of fused-ring (bicyclic) bond motifs is 1. The van der Waals surface area contributed by atoms with Crippen molar-refractivity contribution in [1.29, 1.82) is 0 Å². The average Bonchev–Trinajstić information content (AvgIpc) is 2.94. The number of aromatic nitrogens is 1. The van der Waals surface area contributed by atoms with Crippen molar-refractivity contribution in [2.45, 2.75) is 6.42 Å². The summed E-state index contributed by atoms with van der Waals surface area (Å²) < 4.78 is 10.0. The van der Waals surface area contributed by atoms with E-state index in [0.29, 0.717) is 6.54 Å². The first kappa shape index (κ1) is 10.5. The van der Waals surface area contributed by atoms with Gasteiger partial charge in [0.15, 0.2) is 0 Å². The summed E-state index contributed by atoms with van der Waals surface area (Å²) in [6, 6.07) is 10.1. The molecule has 2 N–H and O–H groups in total. The van der Waals surface area contributed by atoms with Gasteiger partial charge in [0.2, 0.25) is 0 Å². The number of nitrogens with zero attached hydrogens (tertiary/aromatic N) is 1. The fourth-order valence-electron chi connectivity index (χ4n) is 1.89. The lowest BCUT2D eigenvalue weighted by molar-refractivity contribution is 0.632. The molecule has 0 aliphatic heterocycles. The molecular weight excluding hydrogens is 232 g/mol. The van der Waals surface area contributed by atoms with Crippen molar-refractivity contribution in [3.05, 3.63) is 42.1 Å². The highest BCUT2D eigenvalue weighted by Crippen LogP contribution is 2.32. The van der Waals surface area contributed by atoms with Gasteiger partial charge in [0.1, 0.15) is 11.3 Å². The number of benzene rings is 1. The molecule has 0 radical (unpaired) electrons. The molecule has 17 heavy (non-hydrogen) atoms. The standard InChI is InChI=1S/C13H12N2OS/c14-6-5-10-8-15-17-13(10)12-7-9-3-1-2-4-11(9)16-12/h1-4,7-8H,5-6,14H2.